The van der Waals surface area contributed by atoms with Crippen LogP contribution in [0, 0.1) is 5.92 Å². The van der Waals surface area contributed by atoms with Gasteiger partial charge in [0, 0.05) is 5.92 Å². The minimum atomic E-state index is 0.0651. The molecule has 3 heteroatoms. The number of benzene rings is 1. The molecule has 1 aromatic carbocycles. The number of carbonyl (C=O) groups excluding carboxylic acids is 1. The molecule has 2 nitrogen and oxygen atoms in total. The Hall–Kier alpha value is -0.830. The molecule has 1 aromatic rings. The van der Waals surface area contributed by atoms with E-state index in [1.165, 1.54) is 0 Å². The smallest absolute Gasteiger partial charge is 0.133 e. The summed E-state index contributed by atoms with van der Waals surface area (Å²) in [6.45, 7) is 1.91. The zero-order valence-electron chi connectivity index (χ0n) is 8.29. The Labute approximate surface area is 92.4 Å². The molecule has 0 heterocycles. The molecule has 0 aromatic heterocycles. The fourth-order valence-corrected chi connectivity index (χ4v) is 1.84. The number of ether oxygens (including phenoxy) is 1. The maximum atomic E-state index is 10.5. The van der Waals surface area contributed by atoms with Crippen LogP contribution in [0.2, 0.25) is 0 Å². The second kappa shape index (κ2) is 5.15. The number of rotatable bonds is 4. The van der Waals surface area contributed by atoms with Crippen LogP contribution < -0.4 is 4.74 Å². The van der Waals surface area contributed by atoms with Gasteiger partial charge in [0.1, 0.15) is 12.0 Å². The average molecular weight is 257 g/mol. The highest BCUT2D eigenvalue weighted by atomic mass is 79.9. The molecule has 76 valence electrons. The Kier molecular flexibility index (Phi) is 4.14. The average Bonchev–Trinajstić information content (AvgIpc) is 2.18. The largest absolute Gasteiger partial charge is 0.496 e. The Morgan fingerprint density at radius 3 is 2.79 bits per heavy atom. The molecule has 0 fully saturated rings. The molecule has 0 saturated carbocycles. The summed E-state index contributed by atoms with van der Waals surface area (Å²) < 4.78 is 6.04. The zero-order valence-corrected chi connectivity index (χ0v) is 9.87. The molecule has 0 saturated heterocycles. The molecule has 0 aliphatic carbocycles. The lowest BCUT2D eigenvalue weighted by atomic mass is 10.0. The third-order valence-corrected chi connectivity index (χ3v) is 2.63. The van der Waals surface area contributed by atoms with Gasteiger partial charge in [-0.2, -0.15) is 0 Å². The summed E-state index contributed by atoms with van der Waals surface area (Å²) >= 11 is 3.41. The van der Waals surface area contributed by atoms with Crippen LogP contribution in [-0.2, 0) is 11.2 Å². The van der Waals surface area contributed by atoms with Crippen LogP contribution in [0.1, 0.15) is 12.5 Å². The van der Waals surface area contributed by atoms with E-state index >= 15 is 0 Å². The lowest BCUT2D eigenvalue weighted by molar-refractivity contribution is -0.110. The van der Waals surface area contributed by atoms with E-state index in [0.717, 1.165) is 28.5 Å². The molecule has 0 spiro atoms. The van der Waals surface area contributed by atoms with E-state index in [-0.39, 0.29) is 5.92 Å². The van der Waals surface area contributed by atoms with Gasteiger partial charge in [0.25, 0.3) is 0 Å². The van der Waals surface area contributed by atoms with Gasteiger partial charge in [0.15, 0.2) is 0 Å². The van der Waals surface area contributed by atoms with Crippen molar-refractivity contribution in [3.63, 3.8) is 0 Å². The monoisotopic (exact) mass is 256 g/mol. The first-order valence-corrected chi connectivity index (χ1v) is 5.24. The van der Waals surface area contributed by atoms with E-state index < -0.39 is 0 Å². The van der Waals surface area contributed by atoms with E-state index in [0.29, 0.717) is 0 Å². The summed E-state index contributed by atoms with van der Waals surface area (Å²) in [6.07, 6.45) is 1.74. The quantitative estimate of drug-likeness (QED) is 0.775. The van der Waals surface area contributed by atoms with Crippen LogP contribution in [0.25, 0.3) is 0 Å². The van der Waals surface area contributed by atoms with E-state index in [1.54, 1.807) is 7.11 Å². The molecule has 0 aliphatic rings. The van der Waals surface area contributed by atoms with Crippen molar-refractivity contribution in [2.45, 2.75) is 13.3 Å². The van der Waals surface area contributed by atoms with Gasteiger partial charge in [-0.3, -0.25) is 0 Å². The van der Waals surface area contributed by atoms with Gasteiger partial charge in [-0.25, -0.2) is 0 Å². The summed E-state index contributed by atoms with van der Waals surface area (Å²) in [6, 6.07) is 5.86. The molecule has 0 radical (unpaired) electrons. The number of hydrogen-bond donors (Lipinski definition) is 0. The predicted octanol–water partition coefficient (Wildman–Crippen LogP) is 2.84. The molecular formula is C11H13BrO2. The van der Waals surface area contributed by atoms with Crippen molar-refractivity contribution in [3.05, 3.63) is 28.2 Å². The summed E-state index contributed by atoms with van der Waals surface area (Å²) in [5, 5.41) is 0. The lowest BCUT2D eigenvalue weighted by Gasteiger charge is -2.07. The third-order valence-electron chi connectivity index (χ3n) is 2.01. The van der Waals surface area contributed by atoms with Crippen LogP contribution in [0.3, 0.4) is 0 Å². The summed E-state index contributed by atoms with van der Waals surface area (Å²) in [4.78, 5) is 10.5. The molecule has 0 amide bonds. The molecule has 1 atom stereocenters. The highest BCUT2D eigenvalue weighted by Crippen LogP contribution is 2.26. The first-order valence-electron chi connectivity index (χ1n) is 4.45. The summed E-state index contributed by atoms with van der Waals surface area (Å²) in [5.41, 5.74) is 1.14. The van der Waals surface area contributed by atoms with Crippen LogP contribution in [0.5, 0.6) is 5.75 Å². The Bertz CT molecular complexity index is 323. The first kappa shape index (κ1) is 11.2. The van der Waals surface area contributed by atoms with E-state index in [1.807, 2.05) is 25.1 Å². The second-order valence-corrected chi connectivity index (χ2v) is 4.14. The summed E-state index contributed by atoms with van der Waals surface area (Å²) in [5.74, 6) is 0.878. The normalized spacial score (nSPS) is 12.2. The molecular weight excluding hydrogens is 244 g/mol. The Morgan fingerprint density at radius 1 is 1.57 bits per heavy atom. The highest BCUT2D eigenvalue weighted by molar-refractivity contribution is 9.10. The molecule has 0 N–H and O–H groups in total. The SMILES string of the molecule is COc1ccc(CC(C)C=O)cc1Br. The maximum Gasteiger partial charge on any atom is 0.133 e. The predicted molar refractivity (Wildman–Crippen MR) is 59.6 cm³/mol. The first-order chi connectivity index (χ1) is 6.67. The van der Waals surface area contributed by atoms with Crippen molar-refractivity contribution in [2.75, 3.05) is 7.11 Å². The van der Waals surface area contributed by atoms with Crippen LogP contribution in [0.4, 0.5) is 0 Å². The summed E-state index contributed by atoms with van der Waals surface area (Å²) in [7, 11) is 1.63. The standard InChI is InChI=1S/C11H13BrO2/c1-8(7-13)5-9-3-4-11(14-2)10(12)6-9/h3-4,6-8H,5H2,1-2H3. The molecule has 14 heavy (non-hydrogen) atoms. The highest BCUT2D eigenvalue weighted by Gasteiger charge is 2.04. The molecule has 0 aliphatic heterocycles. The lowest BCUT2D eigenvalue weighted by Crippen LogP contribution is -2.00. The van der Waals surface area contributed by atoms with Gasteiger partial charge in [0.05, 0.1) is 11.6 Å². The van der Waals surface area contributed by atoms with E-state index in [4.69, 9.17) is 4.74 Å². The van der Waals surface area contributed by atoms with Crippen molar-refractivity contribution in [1.82, 2.24) is 0 Å². The van der Waals surface area contributed by atoms with Crippen molar-refractivity contribution in [2.24, 2.45) is 5.92 Å². The van der Waals surface area contributed by atoms with Crippen molar-refractivity contribution >= 4 is 22.2 Å². The van der Waals surface area contributed by atoms with Gasteiger partial charge in [0.2, 0.25) is 0 Å². The number of hydrogen-bond acceptors (Lipinski definition) is 2. The van der Waals surface area contributed by atoms with Crippen molar-refractivity contribution in [1.29, 1.82) is 0 Å². The van der Waals surface area contributed by atoms with Gasteiger partial charge in [-0.15, -0.1) is 0 Å². The Balaban J connectivity index is 2.80. The minimum absolute atomic E-state index is 0.0651. The third kappa shape index (κ3) is 2.84. The van der Waals surface area contributed by atoms with Crippen LogP contribution in [0.15, 0.2) is 22.7 Å². The van der Waals surface area contributed by atoms with Gasteiger partial charge < -0.3 is 9.53 Å². The number of aldehydes is 1. The van der Waals surface area contributed by atoms with Crippen LogP contribution >= 0.6 is 15.9 Å². The fraction of sp³-hybridized carbons (Fsp3) is 0.364. The van der Waals surface area contributed by atoms with Crippen molar-refractivity contribution in [3.8, 4) is 5.75 Å². The Morgan fingerprint density at radius 2 is 2.29 bits per heavy atom. The number of carbonyl (C=O) groups is 1. The van der Waals surface area contributed by atoms with E-state index in [9.17, 15) is 4.79 Å². The minimum Gasteiger partial charge on any atom is -0.496 e. The van der Waals surface area contributed by atoms with Crippen LogP contribution in [-0.4, -0.2) is 13.4 Å². The van der Waals surface area contributed by atoms with Gasteiger partial charge in [-0.05, 0) is 40.0 Å². The topological polar surface area (TPSA) is 26.3 Å². The van der Waals surface area contributed by atoms with Gasteiger partial charge in [-0.1, -0.05) is 13.0 Å². The maximum absolute atomic E-state index is 10.5. The molecule has 0 bridgehead atoms. The molecule has 1 rings (SSSR count). The fourth-order valence-electron chi connectivity index (χ4n) is 1.26. The van der Waals surface area contributed by atoms with E-state index in [2.05, 4.69) is 15.9 Å². The molecule has 1 unspecified atom stereocenters. The second-order valence-electron chi connectivity index (χ2n) is 3.29. The van der Waals surface area contributed by atoms with Gasteiger partial charge >= 0.3 is 0 Å². The van der Waals surface area contributed by atoms with Crippen molar-refractivity contribution < 1.29 is 9.53 Å². The number of methoxy groups -OCH3 is 1. The zero-order chi connectivity index (χ0) is 10.6. The number of halogens is 1.